The van der Waals surface area contributed by atoms with E-state index >= 15 is 0 Å². The van der Waals surface area contributed by atoms with Gasteiger partial charge in [-0.05, 0) is 36.8 Å². The summed E-state index contributed by atoms with van der Waals surface area (Å²) in [6.45, 7) is 1.68. The number of benzene rings is 1. The van der Waals surface area contributed by atoms with E-state index in [-0.39, 0.29) is 5.82 Å². The molecule has 0 radical (unpaired) electrons. The SMILES string of the molecule is Cc1cc(Oc2ccc(N)cn2)ccc1F. The zero-order chi connectivity index (χ0) is 11.5. The minimum atomic E-state index is -0.252. The fourth-order valence-corrected chi connectivity index (χ4v) is 1.25. The summed E-state index contributed by atoms with van der Waals surface area (Å²) < 4.78 is 18.4. The highest BCUT2D eigenvalue weighted by atomic mass is 19.1. The second-order valence-corrected chi connectivity index (χ2v) is 3.44. The lowest BCUT2D eigenvalue weighted by molar-refractivity contribution is 0.460. The van der Waals surface area contributed by atoms with E-state index in [4.69, 9.17) is 10.5 Å². The molecule has 82 valence electrons. The van der Waals surface area contributed by atoms with E-state index in [9.17, 15) is 4.39 Å². The average Bonchev–Trinajstić information content (AvgIpc) is 2.27. The van der Waals surface area contributed by atoms with E-state index in [2.05, 4.69) is 4.98 Å². The number of aromatic nitrogens is 1. The van der Waals surface area contributed by atoms with Gasteiger partial charge in [-0.3, -0.25) is 0 Å². The summed E-state index contributed by atoms with van der Waals surface area (Å²) in [6, 6.07) is 7.89. The first-order valence-corrected chi connectivity index (χ1v) is 4.81. The smallest absolute Gasteiger partial charge is 0.219 e. The number of nitrogens with zero attached hydrogens (tertiary/aromatic N) is 1. The van der Waals surface area contributed by atoms with Crippen LogP contribution in [0, 0.1) is 12.7 Å². The third-order valence-corrected chi connectivity index (χ3v) is 2.11. The third kappa shape index (κ3) is 2.28. The quantitative estimate of drug-likeness (QED) is 0.843. The van der Waals surface area contributed by atoms with Crippen molar-refractivity contribution in [3.63, 3.8) is 0 Å². The van der Waals surface area contributed by atoms with Crippen LogP contribution in [0.3, 0.4) is 0 Å². The predicted molar refractivity (Wildman–Crippen MR) is 59.9 cm³/mol. The summed E-state index contributed by atoms with van der Waals surface area (Å²) >= 11 is 0. The first kappa shape index (κ1) is 10.4. The largest absolute Gasteiger partial charge is 0.439 e. The van der Waals surface area contributed by atoms with Gasteiger partial charge in [0.15, 0.2) is 0 Å². The molecule has 0 atom stereocenters. The zero-order valence-electron chi connectivity index (χ0n) is 8.77. The van der Waals surface area contributed by atoms with Crippen molar-refractivity contribution in [3.8, 4) is 11.6 Å². The van der Waals surface area contributed by atoms with Crippen LogP contribution in [0.2, 0.25) is 0 Å². The lowest BCUT2D eigenvalue weighted by Crippen LogP contribution is -1.91. The predicted octanol–water partition coefficient (Wildman–Crippen LogP) is 2.90. The molecule has 0 saturated carbocycles. The number of hydrogen-bond donors (Lipinski definition) is 1. The summed E-state index contributed by atoms with van der Waals surface area (Å²) in [5.41, 5.74) is 6.60. The van der Waals surface area contributed by atoms with E-state index in [1.165, 1.54) is 12.3 Å². The molecule has 2 N–H and O–H groups in total. The molecule has 0 aliphatic rings. The Kier molecular flexibility index (Phi) is 2.72. The van der Waals surface area contributed by atoms with Crippen LogP contribution >= 0.6 is 0 Å². The van der Waals surface area contributed by atoms with Crippen LogP contribution in [0.5, 0.6) is 11.6 Å². The van der Waals surface area contributed by atoms with Crippen molar-refractivity contribution in [1.82, 2.24) is 4.98 Å². The van der Waals surface area contributed by atoms with Crippen LogP contribution in [0.25, 0.3) is 0 Å². The van der Waals surface area contributed by atoms with Gasteiger partial charge in [-0.2, -0.15) is 0 Å². The molecule has 2 rings (SSSR count). The summed E-state index contributed by atoms with van der Waals surface area (Å²) in [6.07, 6.45) is 1.51. The van der Waals surface area contributed by atoms with Crippen molar-refractivity contribution in [2.45, 2.75) is 6.92 Å². The zero-order valence-corrected chi connectivity index (χ0v) is 8.77. The van der Waals surface area contributed by atoms with E-state index in [0.29, 0.717) is 22.9 Å². The van der Waals surface area contributed by atoms with Crippen molar-refractivity contribution in [2.75, 3.05) is 5.73 Å². The van der Waals surface area contributed by atoms with Crippen LogP contribution < -0.4 is 10.5 Å². The molecule has 0 saturated heterocycles. The molecule has 0 bridgehead atoms. The molecule has 1 aromatic carbocycles. The van der Waals surface area contributed by atoms with Crippen LogP contribution in [-0.2, 0) is 0 Å². The molecule has 0 unspecified atom stereocenters. The average molecular weight is 218 g/mol. The van der Waals surface area contributed by atoms with Crippen LogP contribution in [0.4, 0.5) is 10.1 Å². The van der Waals surface area contributed by atoms with E-state index in [0.717, 1.165) is 0 Å². The summed E-state index contributed by atoms with van der Waals surface area (Å²) in [4.78, 5) is 3.98. The summed E-state index contributed by atoms with van der Waals surface area (Å²) in [5.74, 6) is 0.731. The Bertz CT molecular complexity index is 497. The molecule has 4 heteroatoms. The van der Waals surface area contributed by atoms with Crippen molar-refractivity contribution in [3.05, 3.63) is 47.9 Å². The number of anilines is 1. The summed E-state index contributed by atoms with van der Waals surface area (Å²) in [5, 5.41) is 0. The molecule has 0 aliphatic carbocycles. The first-order chi connectivity index (χ1) is 7.65. The van der Waals surface area contributed by atoms with Crippen molar-refractivity contribution in [2.24, 2.45) is 0 Å². The number of aryl methyl sites for hydroxylation is 1. The third-order valence-electron chi connectivity index (χ3n) is 2.11. The summed E-state index contributed by atoms with van der Waals surface area (Å²) in [7, 11) is 0. The van der Waals surface area contributed by atoms with Crippen LogP contribution in [0.1, 0.15) is 5.56 Å². The molecule has 0 spiro atoms. The minimum Gasteiger partial charge on any atom is -0.439 e. The van der Waals surface area contributed by atoms with Crippen molar-refractivity contribution in [1.29, 1.82) is 0 Å². The molecule has 0 fully saturated rings. The van der Waals surface area contributed by atoms with Crippen molar-refractivity contribution >= 4 is 5.69 Å². The van der Waals surface area contributed by atoms with Gasteiger partial charge in [-0.25, -0.2) is 9.37 Å². The topological polar surface area (TPSA) is 48.1 Å². The Labute approximate surface area is 92.7 Å². The van der Waals surface area contributed by atoms with Gasteiger partial charge in [0.05, 0.1) is 11.9 Å². The number of pyridine rings is 1. The van der Waals surface area contributed by atoms with Gasteiger partial charge >= 0.3 is 0 Å². The highest BCUT2D eigenvalue weighted by Gasteiger charge is 2.01. The van der Waals surface area contributed by atoms with Gasteiger partial charge < -0.3 is 10.5 Å². The fraction of sp³-hybridized carbons (Fsp3) is 0.0833. The molecule has 0 amide bonds. The molecular weight excluding hydrogens is 207 g/mol. The van der Waals surface area contributed by atoms with Crippen molar-refractivity contribution < 1.29 is 9.13 Å². The van der Waals surface area contributed by atoms with Gasteiger partial charge in [-0.1, -0.05) is 0 Å². The van der Waals surface area contributed by atoms with E-state index in [1.54, 1.807) is 31.2 Å². The van der Waals surface area contributed by atoms with Gasteiger partial charge in [-0.15, -0.1) is 0 Å². The van der Waals surface area contributed by atoms with Gasteiger partial charge in [0.25, 0.3) is 0 Å². The van der Waals surface area contributed by atoms with E-state index < -0.39 is 0 Å². The van der Waals surface area contributed by atoms with Gasteiger partial charge in [0.2, 0.25) is 5.88 Å². The maximum absolute atomic E-state index is 13.0. The maximum Gasteiger partial charge on any atom is 0.219 e. The lowest BCUT2D eigenvalue weighted by Gasteiger charge is -2.05. The molecule has 0 aliphatic heterocycles. The lowest BCUT2D eigenvalue weighted by atomic mass is 10.2. The molecule has 3 nitrogen and oxygen atoms in total. The Morgan fingerprint density at radius 1 is 1.25 bits per heavy atom. The Morgan fingerprint density at radius 3 is 2.69 bits per heavy atom. The number of hydrogen-bond acceptors (Lipinski definition) is 3. The number of rotatable bonds is 2. The van der Waals surface area contributed by atoms with E-state index in [1.807, 2.05) is 0 Å². The Hall–Kier alpha value is -2.10. The van der Waals surface area contributed by atoms with Crippen LogP contribution in [0.15, 0.2) is 36.5 Å². The normalized spacial score (nSPS) is 10.1. The number of halogens is 1. The molecule has 1 heterocycles. The monoisotopic (exact) mass is 218 g/mol. The van der Waals surface area contributed by atoms with Gasteiger partial charge in [0.1, 0.15) is 11.6 Å². The Balaban J connectivity index is 2.20. The highest BCUT2D eigenvalue weighted by molar-refractivity contribution is 5.38. The number of nitrogen functional groups attached to an aromatic ring is 1. The maximum atomic E-state index is 13.0. The van der Waals surface area contributed by atoms with Crippen LogP contribution in [-0.4, -0.2) is 4.98 Å². The second kappa shape index (κ2) is 4.18. The highest BCUT2D eigenvalue weighted by Crippen LogP contribution is 2.21. The fourth-order valence-electron chi connectivity index (χ4n) is 1.25. The molecular formula is C12H11FN2O. The molecule has 16 heavy (non-hydrogen) atoms. The second-order valence-electron chi connectivity index (χ2n) is 3.44. The minimum absolute atomic E-state index is 0.252. The number of ether oxygens (including phenoxy) is 1. The Morgan fingerprint density at radius 2 is 2.06 bits per heavy atom. The number of nitrogens with two attached hydrogens (primary N) is 1. The standard InChI is InChI=1S/C12H11FN2O/c1-8-6-10(3-4-11(8)13)16-12-5-2-9(14)7-15-12/h2-7H,14H2,1H3. The first-order valence-electron chi connectivity index (χ1n) is 4.81. The molecule has 1 aromatic heterocycles. The molecule has 2 aromatic rings. The van der Waals surface area contributed by atoms with Gasteiger partial charge in [0, 0.05) is 6.07 Å².